The van der Waals surface area contributed by atoms with E-state index in [9.17, 15) is 9.90 Å². The Bertz CT molecular complexity index is 668. The number of unbranched alkanes of at least 4 members (excludes halogenated alkanes) is 1. The summed E-state index contributed by atoms with van der Waals surface area (Å²) in [4.78, 5) is 12.1. The second-order valence-electron chi connectivity index (χ2n) is 8.00. The molecule has 2 rings (SSSR count). The third-order valence-electron chi connectivity index (χ3n) is 5.82. The Morgan fingerprint density at radius 3 is 2.90 bits per heavy atom. The molecule has 0 heterocycles. The van der Waals surface area contributed by atoms with Gasteiger partial charge in [-0.05, 0) is 74.8 Å². The minimum absolute atomic E-state index is 0.132. The van der Waals surface area contributed by atoms with Crippen LogP contribution in [-0.2, 0) is 16.0 Å². The van der Waals surface area contributed by atoms with Crippen LogP contribution in [0.1, 0.15) is 63.4 Å². The number of aryl methyl sites for hydroxylation is 1. The Hall–Kier alpha value is -1.52. The molecule has 0 amide bonds. The lowest BCUT2D eigenvalue weighted by atomic mass is 9.91. The van der Waals surface area contributed by atoms with E-state index in [1.165, 1.54) is 31.9 Å². The van der Waals surface area contributed by atoms with Crippen LogP contribution in [0.15, 0.2) is 53.5 Å². The van der Waals surface area contributed by atoms with Crippen LogP contribution in [0.4, 0.5) is 0 Å². The van der Waals surface area contributed by atoms with Gasteiger partial charge in [-0.3, -0.25) is 4.79 Å². The molecule has 0 saturated heterocycles. The van der Waals surface area contributed by atoms with Gasteiger partial charge in [0.15, 0.2) is 0 Å². The van der Waals surface area contributed by atoms with Crippen LogP contribution in [0, 0.1) is 11.8 Å². The summed E-state index contributed by atoms with van der Waals surface area (Å²) in [6.45, 7) is 0. The summed E-state index contributed by atoms with van der Waals surface area (Å²) >= 11 is 4.49. The van der Waals surface area contributed by atoms with Gasteiger partial charge in [-0.15, -0.1) is 12.6 Å². The summed E-state index contributed by atoms with van der Waals surface area (Å²) in [6.07, 6.45) is 18.2. The lowest BCUT2D eigenvalue weighted by Gasteiger charge is -2.15. The first kappa shape index (κ1) is 23.8. The molecule has 1 saturated carbocycles. The lowest BCUT2D eigenvalue weighted by Crippen LogP contribution is -2.07. The Labute approximate surface area is 181 Å². The Morgan fingerprint density at radius 1 is 1.28 bits per heavy atom. The minimum atomic E-state index is -0.364. The number of carbonyl (C=O) groups is 1. The largest absolute Gasteiger partial charge is 0.469 e. The summed E-state index contributed by atoms with van der Waals surface area (Å²) in [6, 6.07) is 8.16. The highest BCUT2D eigenvalue weighted by Gasteiger charge is 2.24. The number of aliphatic hydroxyl groups excluding tert-OH is 1. The number of hydrogen-bond donors (Lipinski definition) is 2. The molecule has 29 heavy (non-hydrogen) atoms. The molecule has 1 N–H and O–H groups in total. The number of thiol groups is 1. The van der Waals surface area contributed by atoms with E-state index < -0.39 is 0 Å². The molecule has 0 radical (unpaired) electrons. The summed E-state index contributed by atoms with van der Waals surface area (Å²) < 4.78 is 4.66. The van der Waals surface area contributed by atoms with Gasteiger partial charge in [0.1, 0.15) is 0 Å². The van der Waals surface area contributed by atoms with Gasteiger partial charge in [0, 0.05) is 11.3 Å². The van der Waals surface area contributed by atoms with E-state index in [1.807, 2.05) is 24.3 Å². The van der Waals surface area contributed by atoms with Crippen LogP contribution in [-0.4, -0.2) is 24.3 Å². The highest BCUT2D eigenvalue weighted by molar-refractivity contribution is 7.80. The SMILES string of the molecule is COC(=O)CCC/C=C\C[C@H]1CCCC1/C=C/[C@@H](O)CCCc1ccccc1S. The molecule has 1 unspecified atom stereocenters. The fraction of sp³-hybridized carbons (Fsp3) is 0.560. The van der Waals surface area contributed by atoms with Crippen molar-refractivity contribution in [2.45, 2.75) is 75.2 Å². The molecular weight excluding hydrogens is 380 g/mol. The van der Waals surface area contributed by atoms with E-state index >= 15 is 0 Å². The molecule has 1 aliphatic carbocycles. The molecular formula is C25H36O3S. The molecule has 0 aliphatic heterocycles. The highest BCUT2D eigenvalue weighted by Crippen LogP contribution is 2.35. The average Bonchev–Trinajstić information content (AvgIpc) is 3.17. The topological polar surface area (TPSA) is 46.5 Å². The van der Waals surface area contributed by atoms with Crippen molar-refractivity contribution >= 4 is 18.6 Å². The Balaban J connectivity index is 1.66. The number of methoxy groups -OCH3 is 1. The first-order chi connectivity index (χ1) is 14.1. The molecule has 4 heteroatoms. The molecule has 3 atom stereocenters. The third kappa shape index (κ3) is 9.22. The molecule has 1 fully saturated rings. The highest BCUT2D eigenvalue weighted by atomic mass is 32.1. The number of aliphatic hydroxyl groups is 1. The molecule has 3 nitrogen and oxygen atoms in total. The van der Waals surface area contributed by atoms with Crippen LogP contribution < -0.4 is 0 Å². The van der Waals surface area contributed by atoms with Crippen molar-refractivity contribution in [3.05, 3.63) is 54.1 Å². The van der Waals surface area contributed by atoms with E-state index in [2.05, 4.69) is 41.7 Å². The number of benzene rings is 1. The van der Waals surface area contributed by atoms with Gasteiger partial charge in [-0.2, -0.15) is 0 Å². The fourth-order valence-corrected chi connectivity index (χ4v) is 4.33. The number of esters is 1. The zero-order valence-electron chi connectivity index (χ0n) is 17.6. The van der Waals surface area contributed by atoms with Crippen LogP contribution in [0.5, 0.6) is 0 Å². The number of hydrogen-bond acceptors (Lipinski definition) is 4. The number of carbonyl (C=O) groups excluding carboxylic acids is 1. The molecule has 0 bridgehead atoms. The van der Waals surface area contributed by atoms with Crippen LogP contribution in [0.25, 0.3) is 0 Å². The number of allylic oxidation sites excluding steroid dienone is 3. The summed E-state index contributed by atoms with van der Waals surface area (Å²) in [5.41, 5.74) is 1.25. The van der Waals surface area contributed by atoms with Gasteiger partial charge in [0.25, 0.3) is 0 Å². The van der Waals surface area contributed by atoms with E-state index in [1.54, 1.807) is 0 Å². The standard InChI is InChI=1S/C25H36O3S/c1-28-25(27)17-5-3-2-4-10-20-12-8-13-21(20)18-19-23(26)15-9-14-22-11-6-7-16-24(22)29/h2,4,6-7,11,16,18-21,23,26,29H,3,5,8-10,12-15,17H2,1H3/b4-2-,19-18+/t20-,21?,23-/m0/s1. The predicted octanol–water partition coefficient (Wildman–Crippen LogP) is 5.92. The van der Waals surface area contributed by atoms with Crippen molar-refractivity contribution in [3.8, 4) is 0 Å². The quantitative estimate of drug-likeness (QED) is 0.192. The zero-order chi connectivity index (χ0) is 20.9. The number of ether oxygens (including phenoxy) is 1. The Morgan fingerprint density at radius 2 is 2.10 bits per heavy atom. The zero-order valence-corrected chi connectivity index (χ0v) is 18.5. The first-order valence-electron chi connectivity index (χ1n) is 10.9. The normalized spacial score (nSPS) is 20.5. The molecule has 0 aromatic heterocycles. The van der Waals surface area contributed by atoms with Crippen LogP contribution in [0.3, 0.4) is 0 Å². The summed E-state index contributed by atoms with van der Waals surface area (Å²) in [7, 11) is 1.43. The molecule has 160 valence electrons. The maximum atomic E-state index is 11.1. The monoisotopic (exact) mass is 416 g/mol. The van der Waals surface area contributed by atoms with E-state index in [-0.39, 0.29) is 12.1 Å². The van der Waals surface area contributed by atoms with Gasteiger partial charge in [0.2, 0.25) is 0 Å². The maximum absolute atomic E-state index is 11.1. The van der Waals surface area contributed by atoms with Gasteiger partial charge in [-0.25, -0.2) is 0 Å². The van der Waals surface area contributed by atoms with Crippen molar-refractivity contribution in [1.29, 1.82) is 0 Å². The Kier molecular flexibility index (Phi) is 11.2. The van der Waals surface area contributed by atoms with Gasteiger partial charge in [0.05, 0.1) is 13.2 Å². The molecule has 0 spiro atoms. The van der Waals surface area contributed by atoms with Crippen molar-refractivity contribution < 1.29 is 14.6 Å². The minimum Gasteiger partial charge on any atom is -0.469 e. The maximum Gasteiger partial charge on any atom is 0.305 e. The van der Waals surface area contributed by atoms with Crippen LogP contribution >= 0.6 is 12.6 Å². The molecule has 1 aromatic carbocycles. The smallest absolute Gasteiger partial charge is 0.305 e. The summed E-state index contributed by atoms with van der Waals surface area (Å²) in [5.74, 6) is 1.11. The van der Waals surface area contributed by atoms with Crippen molar-refractivity contribution in [2.24, 2.45) is 11.8 Å². The van der Waals surface area contributed by atoms with Gasteiger partial charge < -0.3 is 9.84 Å². The number of rotatable bonds is 12. The van der Waals surface area contributed by atoms with E-state index in [4.69, 9.17) is 0 Å². The first-order valence-corrected chi connectivity index (χ1v) is 11.4. The van der Waals surface area contributed by atoms with Gasteiger partial charge in [-0.1, -0.05) is 48.9 Å². The van der Waals surface area contributed by atoms with E-state index in [0.29, 0.717) is 18.3 Å². The average molecular weight is 417 g/mol. The molecule has 1 aliphatic rings. The lowest BCUT2D eigenvalue weighted by molar-refractivity contribution is -0.140. The summed E-state index contributed by atoms with van der Waals surface area (Å²) in [5, 5.41) is 10.3. The van der Waals surface area contributed by atoms with Crippen molar-refractivity contribution in [1.82, 2.24) is 0 Å². The van der Waals surface area contributed by atoms with Crippen molar-refractivity contribution in [2.75, 3.05) is 7.11 Å². The van der Waals surface area contributed by atoms with Gasteiger partial charge >= 0.3 is 5.97 Å². The van der Waals surface area contributed by atoms with Crippen molar-refractivity contribution in [3.63, 3.8) is 0 Å². The van der Waals surface area contributed by atoms with E-state index in [0.717, 1.165) is 43.4 Å². The fourth-order valence-electron chi connectivity index (χ4n) is 4.06. The second-order valence-corrected chi connectivity index (χ2v) is 8.49. The third-order valence-corrected chi connectivity index (χ3v) is 6.26. The molecule has 1 aromatic rings. The van der Waals surface area contributed by atoms with Crippen LogP contribution in [0.2, 0.25) is 0 Å². The second kappa shape index (κ2) is 13.7. The predicted molar refractivity (Wildman–Crippen MR) is 122 cm³/mol.